The number of nitrogens with two attached hydrogens (primary N) is 1. The van der Waals surface area contributed by atoms with Crippen molar-refractivity contribution in [2.45, 2.75) is 32.1 Å². The molecule has 0 amide bonds. The van der Waals surface area contributed by atoms with Crippen molar-refractivity contribution in [2.75, 3.05) is 19.9 Å². The summed E-state index contributed by atoms with van der Waals surface area (Å²) in [5.41, 5.74) is 5.89. The quantitative estimate of drug-likeness (QED) is 0.620. The highest BCUT2D eigenvalue weighted by Gasteiger charge is 2.30. The van der Waals surface area contributed by atoms with Gasteiger partial charge in [0.15, 0.2) is 0 Å². The predicted octanol–water partition coefficient (Wildman–Crippen LogP) is 0.862. The smallest absolute Gasteiger partial charge is 0.143 e. The average molecular weight is 173 g/mol. The van der Waals surface area contributed by atoms with Crippen LogP contribution in [0.1, 0.15) is 32.1 Å². The summed E-state index contributed by atoms with van der Waals surface area (Å²) in [4.78, 5) is 0. The van der Waals surface area contributed by atoms with Gasteiger partial charge in [-0.3, -0.25) is 0 Å². The first-order valence-corrected chi connectivity index (χ1v) is 4.72. The molecule has 0 spiro atoms. The summed E-state index contributed by atoms with van der Waals surface area (Å²) in [7, 11) is 0. The number of aliphatic hydroxyl groups excluding tert-OH is 1. The molecule has 0 aromatic heterocycles. The van der Waals surface area contributed by atoms with Crippen molar-refractivity contribution in [2.24, 2.45) is 11.1 Å². The fourth-order valence-corrected chi connectivity index (χ4v) is 1.97. The zero-order valence-electron chi connectivity index (χ0n) is 7.59. The van der Waals surface area contributed by atoms with Gasteiger partial charge in [-0.2, -0.15) is 0 Å². The van der Waals surface area contributed by atoms with Crippen LogP contribution in [-0.4, -0.2) is 25.1 Å². The van der Waals surface area contributed by atoms with Crippen LogP contribution >= 0.6 is 0 Å². The summed E-state index contributed by atoms with van der Waals surface area (Å²) < 4.78 is 5.04. The van der Waals surface area contributed by atoms with Crippen LogP contribution in [-0.2, 0) is 4.74 Å². The predicted molar refractivity (Wildman–Crippen MR) is 47.6 cm³/mol. The average Bonchev–Trinajstić information content (AvgIpc) is 2.16. The fourth-order valence-electron chi connectivity index (χ4n) is 1.97. The minimum absolute atomic E-state index is 0.168. The molecule has 12 heavy (non-hydrogen) atoms. The zero-order valence-corrected chi connectivity index (χ0v) is 7.59. The molecule has 1 fully saturated rings. The lowest BCUT2D eigenvalue weighted by Gasteiger charge is -2.35. The van der Waals surface area contributed by atoms with E-state index in [2.05, 4.69) is 0 Å². The van der Waals surface area contributed by atoms with Gasteiger partial charge < -0.3 is 15.6 Å². The van der Waals surface area contributed by atoms with E-state index in [1.54, 1.807) is 0 Å². The molecule has 0 atom stereocenters. The Morgan fingerprint density at radius 2 is 1.92 bits per heavy atom. The molecule has 0 bridgehead atoms. The highest BCUT2D eigenvalue weighted by Crippen LogP contribution is 2.35. The lowest BCUT2D eigenvalue weighted by atomic mass is 9.75. The molecule has 1 rings (SSSR count). The maximum Gasteiger partial charge on any atom is 0.143 e. The molecule has 1 aliphatic rings. The van der Waals surface area contributed by atoms with E-state index in [0.717, 1.165) is 12.8 Å². The molecule has 1 aliphatic carbocycles. The molecular formula is C9H19NO2. The second kappa shape index (κ2) is 4.80. The Morgan fingerprint density at radius 1 is 1.25 bits per heavy atom. The number of ether oxygens (including phenoxy) is 1. The third kappa shape index (κ3) is 2.44. The van der Waals surface area contributed by atoms with Crippen LogP contribution in [0, 0.1) is 5.41 Å². The van der Waals surface area contributed by atoms with Gasteiger partial charge in [0.1, 0.15) is 6.79 Å². The third-order valence-electron chi connectivity index (χ3n) is 2.85. The molecular weight excluding hydrogens is 154 g/mol. The molecule has 3 N–H and O–H groups in total. The number of rotatable bonds is 4. The molecule has 0 aromatic rings. The molecule has 3 nitrogen and oxygen atoms in total. The molecule has 72 valence electrons. The Bertz CT molecular complexity index is 122. The highest BCUT2D eigenvalue weighted by molar-refractivity contribution is 4.83. The number of hydrogen-bond acceptors (Lipinski definition) is 3. The molecule has 0 radical (unpaired) electrons. The van der Waals surface area contributed by atoms with Crippen LogP contribution < -0.4 is 5.73 Å². The van der Waals surface area contributed by atoms with Gasteiger partial charge in [-0.05, 0) is 12.8 Å². The van der Waals surface area contributed by atoms with Crippen molar-refractivity contribution in [3.63, 3.8) is 0 Å². The van der Waals surface area contributed by atoms with Crippen molar-refractivity contribution < 1.29 is 9.84 Å². The van der Waals surface area contributed by atoms with Crippen molar-refractivity contribution >= 4 is 0 Å². The monoisotopic (exact) mass is 173 g/mol. The van der Waals surface area contributed by atoms with Crippen LogP contribution in [0.15, 0.2) is 0 Å². The van der Waals surface area contributed by atoms with Crippen molar-refractivity contribution in [1.82, 2.24) is 0 Å². The molecule has 0 aliphatic heterocycles. The Morgan fingerprint density at radius 3 is 2.42 bits per heavy atom. The summed E-state index contributed by atoms with van der Waals surface area (Å²) in [5, 5.41) is 8.54. The number of hydrogen-bond donors (Lipinski definition) is 2. The lowest BCUT2D eigenvalue weighted by molar-refractivity contribution is -0.0517. The van der Waals surface area contributed by atoms with Crippen LogP contribution in [0.25, 0.3) is 0 Å². The highest BCUT2D eigenvalue weighted by atomic mass is 16.6. The first-order chi connectivity index (χ1) is 5.83. The lowest BCUT2D eigenvalue weighted by Crippen LogP contribution is -2.37. The Kier molecular flexibility index (Phi) is 3.98. The topological polar surface area (TPSA) is 55.5 Å². The van der Waals surface area contributed by atoms with Crippen LogP contribution in [0.2, 0.25) is 0 Å². The van der Waals surface area contributed by atoms with E-state index >= 15 is 0 Å². The summed E-state index contributed by atoms with van der Waals surface area (Å²) in [6.45, 7) is 1.13. The fraction of sp³-hybridized carbons (Fsp3) is 1.00. The SMILES string of the molecule is NCC1(COCO)CCCCC1. The largest absolute Gasteiger partial charge is 0.371 e. The molecule has 0 aromatic carbocycles. The Hall–Kier alpha value is -0.120. The van der Waals surface area contributed by atoms with E-state index < -0.39 is 0 Å². The summed E-state index contributed by atoms with van der Waals surface area (Å²) in [5.74, 6) is 0. The number of aliphatic hydroxyl groups is 1. The van der Waals surface area contributed by atoms with Gasteiger partial charge in [0.25, 0.3) is 0 Å². The molecule has 0 saturated heterocycles. The van der Waals surface area contributed by atoms with Gasteiger partial charge in [0.2, 0.25) is 0 Å². The van der Waals surface area contributed by atoms with E-state index in [1.807, 2.05) is 0 Å². The van der Waals surface area contributed by atoms with E-state index in [4.69, 9.17) is 15.6 Å². The van der Waals surface area contributed by atoms with Gasteiger partial charge in [-0.25, -0.2) is 0 Å². The Labute approximate surface area is 73.9 Å². The summed E-state index contributed by atoms with van der Waals surface area (Å²) >= 11 is 0. The van der Waals surface area contributed by atoms with Crippen LogP contribution in [0.5, 0.6) is 0 Å². The maximum absolute atomic E-state index is 8.54. The summed E-state index contributed by atoms with van der Waals surface area (Å²) in [6.07, 6.45) is 6.14. The van der Waals surface area contributed by atoms with Gasteiger partial charge in [0, 0.05) is 12.0 Å². The van der Waals surface area contributed by atoms with E-state index in [9.17, 15) is 0 Å². The first kappa shape index (κ1) is 9.96. The first-order valence-electron chi connectivity index (χ1n) is 4.72. The Balaban J connectivity index is 2.37. The molecule has 1 saturated carbocycles. The maximum atomic E-state index is 8.54. The van der Waals surface area contributed by atoms with E-state index in [0.29, 0.717) is 13.2 Å². The van der Waals surface area contributed by atoms with Crippen LogP contribution in [0.4, 0.5) is 0 Å². The molecule has 0 heterocycles. The normalized spacial score (nSPS) is 22.5. The minimum atomic E-state index is -0.179. The van der Waals surface area contributed by atoms with Gasteiger partial charge in [-0.15, -0.1) is 0 Å². The van der Waals surface area contributed by atoms with Gasteiger partial charge in [0.05, 0.1) is 6.61 Å². The van der Waals surface area contributed by atoms with Crippen molar-refractivity contribution in [3.8, 4) is 0 Å². The second-order valence-corrected chi connectivity index (χ2v) is 3.74. The van der Waals surface area contributed by atoms with E-state index in [-0.39, 0.29) is 12.2 Å². The van der Waals surface area contributed by atoms with E-state index in [1.165, 1.54) is 19.3 Å². The molecule has 0 unspecified atom stereocenters. The van der Waals surface area contributed by atoms with Gasteiger partial charge in [-0.1, -0.05) is 19.3 Å². The van der Waals surface area contributed by atoms with Gasteiger partial charge >= 0.3 is 0 Å². The summed E-state index contributed by atoms with van der Waals surface area (Å²) in [6, 6.07) is 0. The third-order valence-corrected chi connectivity index (χ3v) is 2.85. The molecule has 3 heteroatoms. The van der Waals surface area contributed by atoms with Crippen LogP contribution in [0.3, 0.4) is 0 Å². The van der Waals surface area contributed by atoms with Crippen molar-refractivity contribution in [3.05, 3.63) is 0 Å². The van der Waals surface area contributed by atoms with Crippen molar-refractivity contribution in [1.29, 1.82) is 0 Å². The minimum Gasteiger partial charge on any atom is -0.371 e. The zero-order chi connectivity index (χ0) is 8.86. The standard InChI is InChI=1S/C9H19NO2/c10-6-9(7-12-8-11)4-2-1-3-5-9/h11H,1-8,10H2. The second-order valence-electron chi connectivity index (χ2n) is 3.74.